The number of rotatable bonds is 6. The number of halogens is 2. The highest BCUT2D eigenvalue weighted by Gasteiger charge is 2.33. The van der Waals surface area contributed by atoms with Crippen molar-refractivity contribution in [3.05, 3.63) is 103 Å². The maximum absolute atomic E-state index is 12.6. The molecular weight excluding hydrogens is 575 g/mol. The average Bonchev–Trinajstić information content (AvgIpc) is 3.10. The Morgan fingerprint density at radius 2 is 1.58 bits per heavy atom. The molecule has 0 bridgehead atoms. The Labute approximate surface area is 201 Å². The fraction of sp³-hybridized carbons (Fsp3) is 0.174. The van der Waals surface area contributed by atoms with Gasteiger partial charge in [0.15, 0.2) is 0 Å². The van der Waals surface area contributed by atoms with Gasteiger partial charge in [-0.05, 0) is 78.5 Å². The lowest BCUT2D eigenvalue weighted by molar-refractivity contribution is -0.497. The van der Waals surface area contributed by atoms with E-state index in [1.54, 1.807) is 12.1 Å². The van der Waals surface area contributed by atoms with Gasteiger partial charge in [-0.3, -0.25) is 10.1 Å². The van der Waals surface area contributed by atoms with Crippen LogP contribution in [-0.2, 0) is 4.74 Å². The van der Waals surface area contributed by atoms with Crippen LogP contribution in [-0.4, -0.2) is 22.6 Å². The number of nitro groups is 1. The molecule has 0 saturated carbocycles. The van der Waals surface area contributed by atoms with E-state index in [0.717, 1.165) is 25.8 Å². The van der Waals surface area contributed by atoms with Crippen molar-refractivity contribution in [3.8, 4) is 11.1 Å². The number of nitrogens with one attached hydrogen (secondary N) is 1. The van der Waals surface area contributed by atoms with E-state index in [1.165, 1.54) is 0 Å². The molecule has 3 aromatic rings. The van der Waals surface area contributed by atoms with Crippen LogP contribution < -0.4 is 5.32 Å². The number of alkyl carbamates (subject to hydrolysis) is 1. The zero-order chi connectivity index (χ0) is 22.0. The summed E-state index contributed by atoms with van der Waals surface area (Å²) >= 11 is 5.24. The lowest BCUT2D eigenvalue weighted by Crippen LogP contribution is -2.38. The van der Waals surface area contributed by atoms with Crippen LogP contribution in [0.5, 0.6) is 0 Å². The third kappa shape index (κ3) is 4.59. The van der Waals surface area contributed by atoms with E-state index in [0.29, 0.717) is 5.56 Å². The third-order valence-electron chi connectivity index (χ3n) is 5.32. The Morgan fingerprint density at radius 3 is 2.13 bits per heavy atom. The monoisotopic (exact) mass is 592 g/mol. The van der Waals surface area contributed by atoms with Gasteiger partial charge in [0.2, 0.25) is 0 Å². The van der Waals surface area contributed by atoms with Crippen LogP contribution in [0, 0.1) is 13.7 Å². The summed E-state index contributed by atoms with van der Waals surface area (Å²) in [5.74, 6) is -0.0785. The van der Waals surface area contributed by atoms with E-state index in [2.05, 4.69) is 56.0 Å². The number of hydrogen-bond donors (Lipinski definition) is 1. The van der Waals surface area contributed by atoms with E-state index < -0.39 is 22.0 Å². The van der Waals surface area contributed by atoms with Gasteiger partial charge in [-0.2, -0.15) is 0 Å². The largest absolute Gasteiger partial charge is 0.449 e. The minimum absolute atomic E-state index is 0.0785. The zero-order valence-corrected chi connectivity index (χ0v) is 19.9. The normalized spacial score (nSPS) is 14.3. The Morgan fingerprint density at radius 1 is 1.03 bits per heavy atom. The van der Waals surface area contributed by atoms with E-state index in [1.807, 2.05) is 48.5 Å². The summed E-state index contributed by atoms with van der Waals surface area (Å²) in [6.45, 7) is 0.144. The molecule has 6 nitrogen and oxygen atoms in total. The molecule has 4 rings (SSSR count). The summed E-state index contributed by atoms with van der Waals surface area (Å²) in [4.78, 5) is 22.3. The third-order valence-corrected chi connectivity index (χ3v) is 6.90. The topological polar surface area (TPSA) is 81.5 Å². The maximum Gasteiger partial charge on any atom is 0.407 e. The molecule has 0 fully saturated rings. The second kappa shape index (κ2) is 9.35. The van der Waals surface area contributed by atoms with Gasteiger partial charge in [-0.25, -0.2) is 4.79 Å². The van der Waals surface area contributed by atoms with Crippen molar-refractivity contribution in [2.24, 2.45) is 0 Å². The Bertz CT molecular complexity index is 1080. The number of carbonyl (C=O) groups is 1. The Kier molecular flexibility index (Phi) is 6.57. The Hall–Kier alpha value is -2.46. The summed E-state index contributed by atoms with van der Waals surface area (Å²) < 4.78 is 6.54. The van der Waals surface area contributed by atoms with Crippen molar-refractivity contribution in [1.29, 1.82) is 0 Å². The first kappa shape index (κ1) is 21.8. The van der Waals surface area contributed by atoms with E-state index in [4.69, 9.17) is 4.74 Å². The van der Waals surface area contributed by atoms with Crippen molar-refractivity contribution in [2.75, 3.05) is 6.61 Å². The van der Waals surface area contributed by atoms with E-state index in [-0.39, 0.29) is 12.5 Å². The number of carbonyl (C=O) groups excluding carboxylic acids is 1. The molecule has 8 heteroatoms. The van der Waals surface area contributed by atoms with Gasteiger partial charge in [0, 0.05) is 14.4 Å². The predicted octanol–water partition coefficient (Wildman–Crippen LogP) is 5.87. The number of fused-ring (bicyclic) bond motifs is 3. The summed E-state index contributed by atoms with van der Waals surface area (Å²) in [6.07, 6.45) is -0.697. The zero-order valence-electron chi connectivity index (χ0n) is 16.2. The van der Waals surface area contributed by atoms with Crippen molar-refractivity contribution in [1.82, 2.24) is 5.32 Å². The maximum atomic E-state index is 12.6. The smallest absolute Gasteiger partial charge is 0.407 e. The number of amides is 1. The van der Waals surface area contributed by atoms with Crippen LogP contribution in [0.3, 0.4) is 0 Å². The van der Waals surface area contributed by atoms with Gasteiger partial charge in [0.05, 0.1) is 0 Å². The highest BCUT2D eigenvalue weighted by molar-refractivity contribution is 14.1. The lowest BCUT2D eigenvalue weighted by atomic mass is 9.98. The lowest BCUT2D eigenvalue weighted by Gasteiger charge is -2.20. The van der Waals surface area contributed by atoms with Crippen LogP contribution >= 0.6 is 38.5 Å². The van der Waals surface area contributed by atoms with Crippen LogP contribution in [0.4, 0.5) is 4.79 Å². The summed E-state index contributed by atoms with van der Waals surface area (Å²) in [5, 5.41) is 14.0. The molecule has 3 aromatic carbocycles. The van der Waals surface area contributed by atoms with Crippen LogP contribution in [0.25, 0.3) is 11.1 Å². The second-order valence-corrected chi connectivity index (χ2v) is 9.34. The van der Waals surface area contributed by atoms with Gasteiger partial charge in [0.25, 0.3) is 4.95 Å². The molecule has 1 aliphatic carbocycles. The van der Waals surface area contributed by atoms with Gasteiger partial charge < -0.3 is 10.1 Å². The van der Waals surface area contributed by atoms with Gasteiger partial charge in [0.1, 0.15) is 12.6 Å². The fourth-order valence-electron chi connectivity index (χ4n) is 3.87. The van der Waals surface area contributed by atoms with E-state index >= 15 is 0 Å². The molecule has 0 spiro atoms. The van der Waals surface area contributed by atoms with Crippen molar-refractivity contribution < 1.29 is 14.5 Å². The molecule has 31 heavy (non-hydrogen) atoms. The second-order valence-electron chi connectivity index (χ2n) is 7.16. The molecule has 158 valence electrons. The molecule has 0 aliphatic heterocycles. The summed E-state index contributed by atoms with van der Waals surface area (Å²) in [5.41, 5.74) is 5.10. The first-order valence-corrected chi connectivity index (χ1v) is 11.6. The van der Waals surface area contributed by atoms with Crippen molar-refractivity contribution in [2.45, 2.75) is 16.9 Å². The molecule has 0 radical (unpaired) electrons. The molecule has 1 amide bonds. The molecule has 1 unspecified atom stereocenters. The minimum Gasteiger partial charge on any atom is -0.449 e. The standard InChI is InChI=1S/C23H18BrIN2O4/c24-22(27(29)30)21(14-9-11-15(25)12-10-14)26-23(28)31-13-20-18-7-3-1-5-16(18)17-6-2-4-8-19(17)20/h1-12,20-22H,13H2,(H,26,28)/t21-,22?/m1/s1. The molecule has 2 atom stereocenters. The first-order chi connectivity index (χ1) is 15.0. The molecular formula is C23H18BrIN2O4. The number of ether oxygens (including phenoxy) is 1. The predicted molar refractivity (Wildman–Crippen MR) is 130 cm³/mol. The first-order valence-electron chi connectivity index (χ1n) is 9.60. The van der Waals surface area contributed by atoms with Crippen molar-refractivity contribution >= 4 is 44.6 Å². The van der Waals surface area contributed by atoms with Crippen LogP contribution in [0.1, 0.15) is 28.7 Å². The summed E-state index contributed by atoms with van der Waals surface area (Å²) in [6, 6.07) is 22.4. The highest BCUT2D eigenvalue weighted by atomic mass is 127. The molecule has 1 N–H and O–H groups in total. The molecule has 1 aliphatic rings. The minimum atomic E-state index is -1.19. The Balaban J connectivity index is 1.50. The van der Waals surface area contributed by atoms with Crippen molar-refractivity contribution in [3.63, 3.8) is 0 Å². The number of hydrogen-bond acceptors (Lipinski definition) is 4. The highest BCUT2D eigenvalue weighted by Crippen LogP contribution is 2.44. The van der Waals surface area contributed by atoms with Gasteiger partial charge >= 0.3 is 6.09 Å². The van der Waals surface area contributed by atoms with Crippen LogP contribution in [0.15, 0.2) is 72.8 Å². The van der Waals surface area contributed by atoms with Gasteiger partial charge in [-0.15, -0.1) is 0 Å². The molecule has 0 heterocycles. The average molecular weight is 593 g/mol. The number of alkyl halides is 1. The SMILES string of the molecule is O=C(N[C@H](c1ccc(I)cc1)C(Br)[N+](=O)[O-])OCC1c2ccccc2-c2ccccc21. The molecule has 0 saturated heterocycles. The fourth-order valence-corrected chi connectivity index (χ4v) is 4.67. The van der Waals surface area contributed by atoms with Crippen LogP contribution in [0.2, 0.25) is 0 Å². The molecule has 0 aromatic heterocycles. The van der Waals surface area contributed by atoms with E-state index in [9.17, 15) is 14.9 Å². The number of nitrogens with zero attached hydrogens (tertiary/aromatic N) is 1. The summed E-state index contributed by atoms with van der Waals surface area (Å²) in [7, 11) is 0. The quantitative estimate of drug-likeness (QED) is 0.128. The van der Waals surface area contributed by atoms with Gasteiger partial charge in [-0.1, -0.05) is 60.7 Å². The number of benzene rings is 3.